The van der Waals surface area contributed by atoms with E-state index in [1.165, 1.54) is 0 Å². The van der Waals surface area contributed by atoms with Crippen LogP contribution in [0.25, 0.3) is 0 Å². The standard InChI is InChI=1S/C14H23N3O5S/c1-17(2)8-11(18)12(23-3)16-22-14(21)15-10-6-4-9(5-7-10)13(19)20/h9-10H,4-8H2,1-3H3,(H,15,21)(H,19,20)/b16-12-. The number of carboxylic acids is 1. The molecule has 9 heteroatoms. The van der Waals surface area contributed by atoms with Crippen molar-refractivity contribution in [2.75, 3.05) is 26.9 Å². The van der Waals surface area contributed by atoms with Crippen molar-refractivity contribution >= 4 is 34.7 Å². The van der Waals surface area contributed by atoms with E-state index in [9.17, 15) is 14.4 Å². The van der Waals surface area contributed by atoms with Crippen molar-refractivity contribution in [1.29, 1.82) is 0 Å². The maximum atomic E-state index is 11.8. The van der Waals surface area contributed by atoms with Crippen LogP contribution in [0.1, 0.15) is 25.7 Å². The molecule has 1 aliphatic rings. The van der Waals surface area contributed by atoms with Crippen LogP contribution in [0.5, 0.6) is 0 Å². The van der Waals surface area contributed by atoms with Crippen molar-refractivity contribution in [2.24, 2.45) is 11.1 Å². The number of nitrogens with one attached hydrogen (secondary N) is 1. The Balaban J connectivity index is 2.42. The zero-order valence-electron chi connectivity index (χ0n) is 13.6. The molecule has 0 atom stereocenters. The Hall–Kier alpha value is -1.61. The van der Waals surface area contributed by atoms with Gasteiger partial charge in [0.2, 0.25) is 5.78 Å². The number of carbonyl (C=O) groups excluding carboxylic acids is 2. The number of rotatable bonds is 6. The highest BCUT2D eigenvalue weighted by Gasteiger charge is 2.27. The number of likely N-dealkylation sites (N-methyl/N-ethyl adjacent to an activating group) is 1. The second-order valence-electron chi connectivity index (χ2n) is 5.67. The summed E-state index contributed by atoms with van der Waals surface area (Å²) in [5.41, 5.74) is 0. The van der Waals surface area contributed by atoms with E-state index in [4.69, 9.17) is 9.94 Å². The van der Waals surface area contributed by atoms with Crippen LogP contribution in [-0.2, 0) is 14.4 Å². The number of hydrogen-bond acceptors (Lipinski definition) is 7. The summed E-state index contributed by atoms with van der Waals surface area (Å²) in [4.78, 5) is 40.8. The Bertz CT molecular complexity index is 473. The van der Waals surface area contributed by atoms with Crippen LogP contribution < -0.4 is 5.32 Å². The fourth-order valence-electron chi connectivity index (χ4n) is 2.32. The monoisotopic (exact) mass is 345 g/mol. The van der Waals surface area contributed by atoms with Gasteiger partial charge in [-0.15, -0.1) is 11.8 Å². The molecule has 0 saturated heterocycles. The first-order chi connectivity index (χ1) is 10.8. The fourth-order valence-corrected chi connectivity index (χ4v) is 2.72. The van der Waals surface area contributed by atoms with Gasteiger partial charge in [-0.05, 0) is 46.0 Å². The average molecular weight is 345 g/mol. The predicted octanol–water partition coefficient (Wildman–Crippen LogP) is 1.16. The third kappa shape index (κ3) is 7.00. The number of nitrogens with zero attached hydrogens (tertiary/aromatic N) is 2. The van der Waals surface area contributed by atoms with Gasteiger partial charge in [-0.1, -0.05) is 5.16 Å². The Morgan fingerprint density at radius 1 is 1.26 bits per heavy atom. The molecule has 0 aromatic heterocycles. The van der Waals surface area contributed by atoms with Crippen molar-refractivity contribution in [3.8, 4) is 0 Å². The first-order valence-electron chi connectivity index (χ1n) is 7.33. The molecule has 130 valence electrons. The Kier molecular flexibility index (Phi) is 8.04. The largest absolute Gasteiger partial charge is 0.481 e. The van der Waals surface area contributed by atoms with E-state index in [0.29, 0.717) is 25.7 Å². The molecular formula is C14H23N3O5S. The first-order valence-corrected chi connectivity index (χ1v) is 8.56. The van der Waals surface area contributed by atoms with Gasteiger partial charge >= 0.3 is 12.1 Å². The summed E-state index contributed by atoms with van der Waals surface area (Å²) < 4.78 is 0. The molecule has 1 aliphatic carbocycles. The van der Waals surface area contributed by atoms with Crippen LogP contribution in [0, 0.1) is 5.92 Å². The quantitative estimate of drug-likeness (QED) is 0.322. The number of aliphatic carboxylic acids is 1. The molecule has 1 rings (SSSR count). The minimum atomic E-state index is -0.792. The van der Waals surface area contributed by atoms with E-state index in [-0.39, 0.29) is 29.3 Å². The molecule has 1 amide bonds. The summed E-state index contributed by atoms with van der Waals surface area (Å²) in [6.07, 6.45) is 3.19. The minimum Gasteiger partial charge on any atom is -0.481 e. The molecule has 0 heterocycles. The van der Waals surface area contributed by atoms with Gasteiger partial charge in [0.1, 0.15) is 0 Å². The van der Waals surface area contributed by atoms with Crippen molar-refractivity contribution in [3.05, 3.63) is 0 Å². The highest BCUT2D eigenvalue weighted by Crippen LogP contribution is 2.24. The summed E-state index contributed by atoms with van der Waals surface area (Å²) in [7, 11) is 3.52. The number of thioether (sulfide) groups is 1. The van der Waals surface area contributed by atoms with Crippen molar-refractivity contribution < 1.29 is 24.3 Å². The Labute approximate surface area is 139 Å². The molecule has 0 radical (unpaired) electrons. The van der Waals surface area contributed by atoms with Gasteiger partial charge in [-0.3, -0.25) is 14.4 Å². The zero-order valence-corrected chi connectivity index (χ0v) is 14.4. The molecule has 0 aromatic rings. The molecule has 0 bridgehead atoms. The third-order valence-corrected chi connectivity index (χ3v) is 4.19. The predicted molar refractivity (Wildman–Crippen MR) is 87.5 cm³/mol. The van der Waals surface area contributed by atoms with Gasteiger partial charge < -0.3 is 15.3 Å². The lowest BCUT2D eigenvalue weighted by molar-refractivity contribution is -0.142. The van der Waals surface area contributed by atoms with Crippen molar-refractivity contribution in [3.63, 3.8) is 0 Å². The minimum absolute atomic E-state index is 0.122. The molecule has 0 aliphatic heterocycles. The fraction of sp³-hybridized carbons (Fsp3) is 0.714. The first kappa shape index (κ1) is 19.4. The maximum absolute atomic E-state index is 11.8. The lowest BCUT2D eigenvalue weighted by Crippen LogP contribution is -2.38. The van der Waals surface area contributed by atoms with Gasteiger partial charge in [0.05, 0.1) is 12.5 Å². The summed E-state index contributed by atoms with van der Waals surface area (Å²) in [6, 6.07) is -0.122. The van der Waals surface area contributed by atoms with Gasteiger partial charge in [0, 0.05) is 6.04 Å². The lowest BCUT2D eigenvalue weighted by atomic mass is 9.86. The van der Waals surface area contributed by atoms with E-state index in [0.717, 1.165) is 11.8 Å². The molecule has 1 saturated carbocycles. The third-order valence-electron chi connectivity index (χ3n) is 3.50. The molecule has 0 unspecified atom stereocenters. The Morgan fingerprint density at radius 2 is 1.87 bits per heavy atom. The second-order valence-corrected chi connectivity index (χ2v) is 6.47. The lowest BCUT2D eigenvalue weighted by Gasteiger charge is -2.25. The van der Waals surface area contributed by atoms with Crippen LogP contribution in [0.3, 0.4) is 0 Å². The maximum Gasteiger partial charge on any atom is 0.433 e. The Morgan fingerprint density at radius 3 is 2.35 bits per heavy atom. The van der Waals surface area contributed by atoms with Gasteiger partial charge in [-0.2, -0.15) is 0 Å². The van der Waals surface area contributed by atoms with Crippen LogP contribution in [-0.4, -0.2) is 65.8 Å². The summed E-state index contributed by atoms with van der Waals surface area (Å²) in [6.45, 7) is 0.184. The number of amides is 1. The smallest absolute Gasteiger partial charge is 0.433 e. The molecule has 1 fully saturated rings. The molecular weight excluding hydrogens is 322 g/mol. The number of Topliss-reactive ketones (excluding diaryl/α,β-unsaturated/α-hetero) is 1. The van der Waals surface area contributed by atoms with Gasteiger partial charge in [-0.25, -0.2) is 4.79 Å². The van der Waals surface area contributed by atoms with Crippen molar-refractivity contribution in [2.45, 2.75) is 31.7 Å². The molecule has 8 nitrogen and oxygen atoms in total. The number of carboxylic acid groups (broad SMARTS) is 1. The van der Waals surface area contributed by atoms with Crippen LogP contribution >= 0.6 is 11.8 Å². The normalized spacial score (nSPS) is 21.8. The van der Waals surface area contributed by atoms with Crippen molar-refractivity contribution in [1.82, 2.24) is 10.2 Å². The molecule has 2 N–H and O–H groups in total. The number of oxime groups is 1. The second kappa shape index (κ2) is 9.51. The topological polar surface area (TPSA) is 108 Å². The number of ketones is 1. The summed E-state index contributed by atoms with van der Waals surface area (Å²) in [5, 5.41) is 15.3. The van der Waals surface area contributed by atoms with E-state index in [1.807, 2.05) is 0 Å². The zero-order chi connectivity index (χ0) is 17.4. The summed E-state index contributed by atoms with van der Waals surface area (Å²) in [5.74, 6) is -1.36. The highest BCUT2D eigenvalue weighted by molar-refractivity contribution is 8.15. The molecule has 0 spiro atoms. The van der Waals surface area contributed by atoms with E-state index in [2.05, 4.69) is 10.5 Å². The SMILES string of the molecule is CS/C(=N\OC(=O)NC1CCC(C(=O)O)CC1)C(=O)CN(C)C. The van der Waals surface area contributed by atoms with Gasteiger partial charge in [0.25, 0.3) is 0 Å². The summed E-state index contributed by atoms with van der Waals surface area (Å²) >= 11 is 1.12. The van der Waals surface area contributed by atoms with E-state index >= 15 is 0 Å². The van der Waals surface area contributed by atoms with Gasteiger partial charge in [0.15, 0.2) is 5.04 Å². The van der Waals surface area contributed by atoms with Crippen LogP contribution in [0.15, 0.2) is 5.16 Å². The van der Waals surface area contributed by atoms with E-state index < -0.39 is 12.1 Å². The average Bonchev–Trinajstić information content (AvgIpc) is 2.47. The van der Waals surface area contributed by atoms with E-state index in [1.54, 1.807) is 25.3 Å². The highest BCUT2D eigenvalue weighted by atomic mass is 32.2. The van der Waals surface area contributed by atoms with Crippen LogP contribution in [0.4, 0.5) is 4.79 Å². The number of hydrogen-bond donors (Lipinski definition) is 2. The molecule has 0 aromatic carbocycles. The van der Waals surface area contributed by atoms with Crippen LogP contribution in [0.2, 0.25) is 0 Å². The molecule has 23 heavy (non-hydrogen) atoms. The number of carbonyl (C=O) groups is 3.